The van der Waals surface area contributed by atoms with E-state index in [4.69, 9.17) is 26.9 Å². The minimum Gasteiger partial charge on any atom is -0.584 e. The molecule has 4 heterocycles. The molecule has 0 N–H and O–H groups in total. The van der Waals surface area contributed by atoms with Crippen LogP contribution in [0.1, 0.15) is 150 Å². The molecule has 0 bridgehead atoms. The van der Waals surface area contributed by atoms with Gasteiger partial charge >= 0.3 is 142 Å². The number of fused-ring (bicyclic) bond motifs is 12. The summed E-state index contributed by atoms with van der Waals surface area (Å²) in [5.74, 6) is 19.1. The smallest absolute Gasteiger partial charge is 0.584 e. The maximum absolute atomic E-state index is 4.93. The van der Waals surface area contributed by atoms with Crippen molar-refractivity contribution in [2.24, 2.45) is 20.0 Å². The Morgan fingerprint density at radius 1 is 0.207 bits per heavy atom. The zero-order valence-corrected chi connectivity index (χ0v) is 115. The van der Waals surface area contributed by atoms with E-state index in [1.54, 1.807) is 20.7 Å². The van der Waals surface area contributed by atoms with Gasteiger partial charge in [0.15, 0.2) is 0 Å². The van der Waals surface area contributed by atoms with Gasteiger partial charge in [0.1, 0.15) is 0 Å². The van der Waals surface area contributed by atoms with E-state index >= 15 is 0 Å². The first-order valence-electron chi connectivity index (χ1n) is 53.2. The molecule has 0 aliphatic rings. The van der Waals surface area contributed by atoms with Crippen molar-refractivity contribution in [3.8, 4) is 0 Å². The Kier molecular flexibility index (Phi) is 55.2. The van der Waals surface area contributed by atoms with Gasteiger partial charge in [-0.2, -0.15) is 0 Å². The monoisotopic (exact) mass is 2550 g/mol. The normalized spacial score (nSPS) is 11.2. The summed E-state index contributed by atoms with van der Waals surface area (Å²) in [6, 6.07) is 111. The molecule has 150 heavy (non-hydrogen) atoms. The van der Waals surface area contributed by atoms with Crippen LogP contribution >= 0.6 is 0 Å². The third kappa shape index (κ3) is 35.9. The molecule has 14 aromatic carbocycles. The van der Waals surface area contributed by atoms with Crippen molar-refractivity contribution >= 4 is 213 Å². The number of benzene rings is 10. The standard InChI is InChI=1S/4C24H28BNSi.2C7H8.4C5H10N.4La/c4*1-5-26(6-2)25-17-15-19(16-18-25)27(3,4)24-22-13-9-7-11-20(22)21-12-8-10-14-23(21)24;2*1-7-5-3-2-4-6-7;4*1-5(2,3)6-4;;;;/h4*7-18H,5-6H2,1-4H3;2*2-6H,1H3;4*4H,1-3H3;;;;/q4*-2;;;4*-1;4*+3. The summed E-state index contributed by atoms with van der Waals surface area (Å²) in [5, 5.41) is 35.1. The van der Waals surface area contributed by atoms with Crippen LogP contribution in [0.5, 0.6) is 0 Å². The van der Waals surface area contributed by atoms with Crippen LogP contribution in [-0.2, 0) is 0 Å². The maximum atomic E-state index is 4.93. The van der Waals surface area contributed by atoms with Crippen molar-refractivity contribution in [3.63, 3.8) is 0 Å². The minimum absolute atomic E-state index is 0. The molecule has 0 radical (unpaired) electrons. The van der Waals surface area contributed by atoms with E-state index in [1.165, 1.54) is 118 Å². The molecular formula is C130H168B4La4N8Si4. The van der Waals surface area contributed by atoms with Crippen LogP contribution in [0.25, 0.3) is 86.2 Å². The molecule has 20 heteroatoms. The molecule has 0 saturated heterocycles. The number of aryl methyl sites for hydroxylation is 2. The first kappa shape index (κ1) is 133. The van der Waals surface area contributed by atoms with Crippen LogP contribution in [0.4, 0.5) is 0 Å². The van der Waals surface area contributed by atoms with E-state index in [2.05, 4.69) is 475 Å². The number of hydrogen-bond acceptors (Lipinski definition) is 8. The van der Waals surface area contributed by atoms with Crippen molar-refractivity contribution in [2.75, 3.05) is 71.6 Å². The molecule has 0 spiro atoms. The SMILES string of the molecule is CCN(CC)[b-]1ccc([Si](C)(C)[c-]2c3ccccc3c3ccccc32)cc1.CCN(CC)[b-]1ccc([Si](C)(C)[c-]2c3ccccc3c3ccccc32)cc1.CCN(CC)[b-]1ccc([Si](C)(C)[c-]2c3ccccc3c3ccccc32)cc1.CCN(CC)[b-]1ccc([Si](C)(C)[c-]2c3ccccc3c3ccccc32)cc1.Cc1ccccc1.Cc1ccccc1.[CH-]=NC(C)(C)C.[CH-]=NC(C)(C)C.[CH-]=NC(C)(C)C.[CH-]=NC(C)(C)C.[La+3].[La+3].[La+3].[La+3]. The first-order chi connectivity index (χ1) is 69.3. The zero-order valence-electron chi connectivity index (χ0n) is 96.6. The molecule has 18 rings (SSSR count). The Morgan fingerprint density at radius 3 is 0.420 bits per heavy atom. The fourth-order valence-corrected chi connectivity index (χ4v) is 32.1. The summed E-state index contributed by atoms with van der Waals surface area (Å²) in [5.41, 5.74) is 2.42. The van der Waals surface area contributed by atoms with Crippen molar-refractivity contribution in [1.82, 2.24) is 0 Å². The van der Waals surface area contributed by atoms with Gasteiger partial charge in [0.05, 0.1) is 32.3 Å². The van der Waals surface area contributed by atoms with E-state index in [1.807, 2.05) is 119 Å². The van der Waals surface area contributed by atoms with Gasteiger partial charge < -0.3 is 66.1 Å². The fourth-order valence-electron chi connectivity index (χ4n) is 19.7. The number of rotatable bonds is 20. The summed E-state index contributed by atoms with van der Waals surface area (Å²) in [6.45, 7) is 95.7. The Bertz CT molecular complexity index is 6110. The first-order valence-corrected chi connectivity index (χ1v) is 65.2. The predicted molar refractivity (Wildman–Crippen MR) is 677 cm³/mol. The van der Waals surface area contributed by atoms with Crippen molar-refractivity contribution in [3.05, 3.63) is 362 Å². The van der Waals surface area contributed by atoms with E-state index in [0.717, 1.165) is 52.4 Å². The molecule has 768 valence electrons. The van der Waals surface area contributed by atoms with Gasteiger partial charge in [-0.05, 0) is 175 Å². The molecule has 0 saturated carbocycles. The molecule has 0 amide bonds. The second-order valence-corrected chi connectivity index (χ2v) is 61.7. The predicted octanol–water partition coefficient (Wildman–Crippen LogP) is 27.6. The van der Waals surface area contributed by atoms with Gasteiger partial charge in [-0.3, -0.25) is 0 Å². The molecular weight excluding hydrogens is 2380 g/mol. The van der Waals surface area contributed by atoms with Crippen LogP contribution in [0.2, 0.25) is 52.4 Å². The van der Waals surface area contributed by atoms with Crippen LogP contribution in [0.15, 0.2) is 371 Å². The molecule has 0 fully saturated rings. The van der Waals surface area contributed by atoms with E-state index in [0.29, 0.717) is 25.9 Å². The molecule has 18 aromatic rings. The second kappa shape index (κ2) is 62.1. The van der Waals surface area contributed by atoms with Crippen LogP contribution in [-0.4, -0.2) is 160 Å². The summed E-state index contributed by atoms with van der Waals surface area (Å²) >= 11 is 0. The Balaban J connectivity index is 0.000000311. The number of hydrogen-bond donors (Lipinski definition) is 0. The Hall–Kier alpha value is -7.13. The van der Waals surface area contributed by atoms with Gasteiger partial charge in [0, 0.05) is 22.2 Å². The average molecular weight is 2550 g/mol. The molecule has 0 aliphatic heterocycles. The largest absolute Gasteiger partial charge is 3.00 e. The Morgan fingerprint density at radius 2 is 0.320 bits per heavy atom. The summed E-state index contributed by atoms with van der Waals surface area (Å²) in [6.07, 6.45) is 0. The van der Waals surface area contributed by atoms with E-state index in [9.17, 15) is 0 Å². The summed E-state index contributed by atoms with van der Waals surface area (Å²) in [7, 11) is -7.26. The van der Waals surface area contributed by atoms with Gasteiger partial charge in [-0.1, -0.05) is 346 Å². The number of nitrogens with zero attached hydrogens (tertiary/aromatic N) is 8. The van der Waals surface area contributed by atoms with Crippen LogP contribution in [0, 0.1) is 156 Å². The zero-order chi connectivity index (χ0) is 107. The van der Waals surface area contributed by atoms with Gasteiger partial charge in [0.25, 0.3) is 0 Å². The minimum atomic E-state index is -1.82. The van der Waals surface area contributed by atoms with Crippen LogP contribution < -0.4 is 60.7 Å². The Labute approximate surface area is 1020 Å². The van der Waals surface area contributed by atoms with Crippen molar-refractivity contribution < 1.29 is 142 Å². The van der Waals surface area contributed by atoms with E-state index in [-0.39, 0.29) is 165 Å². The molecule has 0 atom stereocenters. The number of aliphatic imine (C=N–C) groups is 4. The van der Waals surface area contributed by atoms with Gasteiger partial charge in [-0.15, -0.1) is 204 Å². The third-order valence-corrected chi connectivity index (χ3v) is 42.5. The topological polar surface area (TPSA) is 62.4 Å². The average Bonchev–Trinajstić information content (AvgIpc) is 1.59. The van der Waals surface area contributed by atoms with Gasteiger partial charge in [0.2, 0.25) is 0 Å². The maximum Gasteiger partial charge on any atom is 3.00 e. The van der Waals surface area contributed by atoms with Crippen LogP contribution in [0.3, 0.4) is 0 Å². The quantitative estimate of drug-likeness (QED) is 0.0433. The summed E-state index contributed by atoms with van der Waals surface area (Å²) in [4.78, 5) is 24.1. The molecule has 0 aliphatic carbocycles. The van der Waals surface area contributed by atoms with Crippen molar-refractivity contribution in [2.45, 2.75) is 227 Å². The fraction of sp³-hybridized carbons (Fsp3) is 0.323. The summed E-state index contributed by atoms with van der Waals surface area (Å²) < 4.78 is 0. The third-order valence-electron chi connectivity index (χ3n) is 28.3. The molecule has 0 unspecified atom stereocenters. The molecule has 4 aromatic heterocycles. The van der Waals surface area contributed by atoms with Gasteiger partial charge in [-0.25, -0.2) is 47.7 Å². The van der Waals surface area contributed by atoms with E-state index < -0.39 is 32.3 Å². The second-order valence-electron chi connectivity index (χ2n) is 44.4. The molecule has 8 nitrogen and oxygen atoms in total. The van der Waals surface area contributed by atoms with Crippen molar-refractivity contribution in [1.29, 1.82) is 0 Å².